The first-order valence-electron chi connectivity index (χ1n) is 20.4. The number of rotatable bonds is 22. The lowest BCUT2D eigenvalue weighted by atomic mass is 9.92. The van der Waals surface area contributed by atoms with Gasteiger partial charge < -0.3 is 33.7 Å². The standard InChI is InChI=1S/C50H56N2O7/c1-40(53)51-48-46(28-17-30-54-32-33-55-31-29-52(34-41-18-7-2-8-19-41)35-42-20-9-3-10-21-42)59-47(39-56-36-43-22-11-4-12-23-43)49(57-37-44-24-13-5-14-25-44)50(48)58-38-45-26-15-6-16-27-45/h2-16,18-27,46-50H,29-39H2,1H3,(H,51,53)/t46-,47-,48+,49+,50-/m1/s1. The van der Waals surface area contributed by atoms with Crippen LogP contribution in [0.4, 0.5) is 0 Å². The quantitative estimate of drug-likeness (QED) is 0.0574. The summed E-state index contributed by atoms with van der Waals surface area (Å²) in [4.78, 5) is 15.1. The van der Waals surface area contributed by atoms with E-state index in [4.69, 9.17) is 28.4 Å². The van der Waals surface area contributed by atoms with Gasteiger partial charge in [0.05, 0.1) is 52.3 Å². The summed E-state index contributed by atoms with van der Waals surface area (Å²) in [5.74, 6) is 6.17. The molecule has 6 rings (SSSR count). The van der Waals surface area contributed by atoms with E-state index in [1.165, 1.54) is 18.1 Å². The van der Waals surface area contributed by atoms with E-state index in [9.17, 15) is 4.79 Å². The summed E-state index contributed by atoms with van der Waals surface area (Å²) in [5.41, 5.74) is 5.59. The zero-order valence-corrected chi connectivity index (χ0v) is 33.9. The molecule has 9 heteroatoms. The third-order valence-corrected chi connectivity index (χ3v) is 9.87. The third kappa shape index (κ3) is 15.2. The number of nitrogens with zero attached hydrogens (tertiary/aromatic N) is 1. The molecule has 0 saturated carbocycles. The summed E-state index contributed by atoms with van der Waals surface area (Å²) >= 11 is 0. The maximum absolute atomic E-state index is 12.7. The van der Waals surface area contributed by atoms with Crippen LogP contribution in [0.1, 0.15) is 34.7 Å². The SMILES string of the molecule is CC(=O)N[C@@H]1[C@@H](OCc2ccccc2)[C@@H](OCc2ccccc2)[C@@H](COCc2ccccc2)O[C@@H]1C#CCOCCOCCN(Cc1ccccc1)Cc1ccccc1. The Morgan fingerprint density at radius 2 is 1.07 bits per heavy atom. The van der Waals surface area contributed by atoms with Gasteiger partial charge in [-0.1, -0.05) is 164 Å². The predicted molar refractivity (Wildman–Crippen MR) is 229 cm³/mol. The first-order valence-corrected chi connectivity index (χ1v) is 20.4. The average molecular weight is 797 g/mol. The van der Waals surface area contributed by atoms with Crippen LogP contribution in [0.3, 0.4) is 0 Å². The molecule has 0 radical (unpaired) electrons. The third-order valence-electron chi connectivity index (χ3n) is 9.87. The van der Waals surface area contributed by atoms with Crippen molar-refractivity contribution >= 4 is 5.91 Å². The monoisotopic (exact) mass is 796 g/mol. The van der Waals surface area contributed by atoms with E-state index in [0.717, 1.165) is 36.3 Å². The topological polar surface area (TPSA) is 87.7 Å². The Labute approximate surface area is 349 Å². The minimum Gasteiger partial charge on any atom is -0.378 e. The summed E-state index contributed by atoms with van der Waals surface area (Å²) in [7, 11) is 0. The van der Waals surface area contributed by atoms with Crippen LogP contribution < -0.4 is 5.32 Å². The molecule has 1 amide bonds. The van der Waals surface area contributed by atoms with Gasteiger partial charge in [0.1, 0.15) is 31.0 Å². The van der Waals surface area contributed by atoms with Crippen molar-refractivity contribution < 1.29 is 33.2 Å². The average Bonchev–Trinajstić information content (AvgIpc) is 3.27. The van der Waals surface area contributed by atoms with Gasteiger partial charge >= 0.3 is 0 Å². The van der Waals surface area contributed by atoms with Gasteiger partial charge in [-0.2, -0.15) is 0 Å². The van der Waals surface area contributed by atoms with Crippen molar-refractivity contribution in [3.05, 3.63) is 179 Å². The number of nitrogens with one attached hydrogen (secondary N) is 1. The van der Waals surface area contributed by atoms with Gasteiger partial charge in [-0.25, -0.2) is 0 Å². The maximum Gasteiger partial charge on any atom is 0.217 e. The van der Waals surface area contributed by atoms with Gasteiger partial charge in [0.15, 0.2) is 0 Å². The molecule has 0 spiro atoms. The Morgan fingerprint density at radius 3 is 1.59 bits per heavy atom. The lowest BCUT2D eigenvalue weighted by molar-refractivity contribution is -0.222. The molecule has 1 fully saturated rings. The molecule has 59 heavy (non-hydrogen) atoms. The molecule has 1 aliphatic heterocycles. The fourth-order valence-electron chi connectivity index (χ4n) is 6.97. The summed E-state index contributed by atoms with van der Waals surface area (Å²) in [6.07, 6.45) is -2.47. The number of hydrogen-bond donors (Lipinski definition) is 1. The molecule has 5 aromatic rings. The highest BCUT2D eigenvalue weighted by molar-refractivity contribution is 5.73. The maximum atomic E-state index is 12.7. The van der Waals surface area contributed by atoms with Crippen molar-refractivity contribution in [2.24, 2.45) is 0 Å². The molecular weight excluding hydrogens is 741 g/mol. The number of amides is 1. The van der Waals surface area contributed by atoms with Crippen molar-refractivity contribution in [1.82, 2.24) is 10.2 Å². The normalized spacial score (nSPS) is 18.8. The molecule has 1 heterocycles. The van der Waals surface area contributed by atoms with Crippen molar-refractivity contribution in [1.29, 1.82) is 0 Å². The van der Waals surface area contributed by atoms with E-state index >= 15 is 0 Å². The van der Waals surface area contributed by atoms with Crippen molar-refractivity contribution in [3.8, 4) is 11.8 Å². The van der Waals surface area contributed by atoms with Gasteiger partial charge in [-0.15, -0.1) is 0 Å². The number of carbonyl (C=O) groups is 1. The molecule has 0 aromatic heterocycles. The fraction of sp³-hybridized carbons (Fsp3) is 0.340. The van der Waals surface area contributed by atoms with Crippen LogP contribution in [0.25, 0.3) is 0 Å². The van der Waals surface area contributed by atoms with E-state index in [0.29, 0.717) is 39.6 Å². The van der Waals surface area contributed by atoms with Crippen LogP contribution in [0, 0.1) is 11.8 Å². The van der Waals surface area contributed by atoms with Crippen LogP contribution >= 0.6 is 0 Å². The highest BCUT2D eigenvalue weighted by atomic mass is 16.6. The van der Waals surface area contributed by atoms with E-state index in [1.54, 1.807) is 0 Å². The van der Waals surface area contributed by atoms with E-state index < -0.39 is 30.5 Å². The smallest absolute Gasteiger partial charge is 0.217 e. The summed E-state index contributed by atoms with van der Waals surface area (Å²) in [5, 5.41) is 3.09. The second kappa shape index (κ2) is 24.7. The van der Waals surface area contributed by atoms with Gasteiger partial charge in [0.2, 0.25) is 5.91 Å². The summed E-state index contributed by atoms with van der Waals surface area (Å²) in [6, 6.07) is 50.3. The van der Waals surface area contributed by atoms with Crippen molar-refractivity contribution in [3.63, 3.8) is 0 Å². The van der Waals surface area contributed by atoms with E-state index in [2.05, 4.69) is 70.6 Å². The van der Waals surface area contributed by atoms with Crippen LogP contribution in [0.15, 0.2) is 152 Å². The summed E-state index contributed by atoms with van der Waals surface area (Å²) in [6.45, 7) is 6.80. The Balaban J connectivity index is 1.08. The van der Waals surface area contributed by atoms with Crippen molar-refractivity contribution in [2.75, 3.05) is 39.6 Å². The number of carbonyl (C=O) groups excluding carboxylic acids is 1. The summed E-state index contributed by atoms with van der Waals surface area (Å²) < 4.78 is 38.1. The van der Waals surface area contributed by atoms with Crippen molar-refractivity contribution in [2.45, 2.75) is 70.3 Å². The lowest BCUT2D eigenvalue weighted by Crippen LogP contribution is -2.65. The Bertz CT molecular complexity index is 1920. The van der Waals surface area contributed by atoms with E-state index in [-0.39, 0.29) is 19.1 Å². The van der Waals surface area contributed by atoms with Gasteiger partial charge in [0.25, 0.3) is 0 Å². The second-order valence-electron chi connectivity index (χ2n) is 14.5. The predicted octanol–water partition coefficient (Wildman–Crippen LogP) is 7.39. The molecule has 0 bridgehead atoms. The fourth-order valence-corrected chi connectivity index (χ4v) is 6.97. The largest absolute Gasteiger partial charge is 0.378 e. The molecule has 9 nitrogen and oxygen atoms in total. The first kappa shape index (κ1) is 43.4. The van der Waals surface area contributed by atoms with Crippen LogP contribution in [-0.2, 0) is 66.1 Å². The molecule has 1 saturated heterocycles. The second-order valence-corrected chi connectivity index (χ2v) is 14.5. The molecule has 1 N–H and O–H groups in total. The number of ether oxygens (including phenoxy) is 6. The van der Waals surface area contributed by atoms with E-state index in [1.807, 2.05) is 103 Å². The minimum absolute atomic E-state index is 0.169. The Hall–Kier alpha value is -5.15. The first-order chi connectivity index (χ1) is 29.1. The molecule has 1 aliphatic rings. The van der Waals surface area contributed by atoms with Crippen LogP contribution in [0.5, 0.6) is 0 Å². The molecule has 0 aliphatic carbocycles. The highest BCUT2D eigenvalue weighted by Crippen LogP contribution is 2.29. The van der Waals surface area contributed by atoms with Gasteiger partial charge in [-0.3, -0.25) is 9.69 Å². The zero-order valence-electron chi connectivity index (χ0n) is 33.9. The molecular formula is C50H56N2O7. The molecule has 5 aromatic carbocycles. The van der Waals surface area contributed by atoms with Crippen LogP contribution in [-0.4, -0.2) is 80.8 Å². The molecule has 5 atom stereocenters. The number of benzene rings is 5. The Morgan fingerprint density at radius 1 is 0.593 bits per heavy atom. The molecule has 0 unspecified atom stereocenters. The number of hydrogen-bond acceptors (Lipinski definition) is 8. The zero-order chi connectivity index (χ0) is 40.7. The lowest BCUT2D eigenvalue weighted by Gasteiger charge is -2.45. The molecule has 308 valence electrons. The minimum atomic E-state index is -0.721. The Kier molecular flexibility index (Phi) is 18.2. The highest BCUT2D eigenvalue weighted by Gasteiger charge is 2.47. The van der Waals surface area contributed by atoms with Gasteiger partial charge in [0, 0.05) is 26.6 Å². The van der Waals surface area contributed by atoms with Gasteiger partial charge in [-0.05, 0) is 27.8 Å². The van der Waals surface area contributed by atoms with Crippen LogP contribution in [0.2, 0.25) is 0 Å².